The summed E-state index contributed by atoms with van der Waals surface area (Å²) in [4.78, 5) is 12.8. The van der Waals surface area contributed by atoms with E-state index in [1.807, 2.05) is 59.5 Å². The molecule has 1 amide bonds. The lowest BCUT2D eigenvalue weighted by Crippen LogP contribution is -2.40. The number of aliphatic hydroxyl groups excluding tert-OH is 1. The topological polar surface area (TPSA) is 100 Å². The molecule has 34 heavy (non-hydrogen) atoms. The van der Waals surface area contributed by atoms with Crippen LogP contribution in [0.15, 0.2) is 54.6 Å². The number of carbonyl (C=O) groups is 1. The van der Waals surface area contributed by atoms with Crippen LogP contribution in [0, 0.1) is 0 Å². The molecule has 0 bridgehead atoms. The van der Waals surface area contributed by atoms with E-state index in [0.29, 0.717) is 44.7 Å². The maximum atomic E-state index is 10.8. The van der Waals surface area contributed by atoms with Gasteiger partial charge in [-0.05, 0) is 42.7 Å². The van der Waals surface area contributed by atoms with Gasteiger partial charge in [0.2, 0.25) is 0 Å². The number of rotatable bonds is 15. The van der Waals surface area contributed by atoms with Crippen LogP contribution in [-0.2, 0) is 11.3 Å². The highest BCUT2D eigenvalue weighted by Crippen LogP contribution is 2.21. The highest BCUT2D eigenvalue weighted by Gasteiger charge is 2.15. The van der Waals surface area contributed by atoms with Crippen LogP contribution in [0.2, 0.25) is 0 Å². The molecule has 2 aromatic carbocycles. The minimum Gasteiger partial charge on any atom is -0.491 e. The summed E-state index contributed by atoms with van der Waals surface area (Å²) in [7, 11) is 0. The van der Waals surface area contributed by atoms with Gasteiger partial charge in [0.25, 0.3) is 0 Å². The van der Waals surface area contributed by atoms with E-state index in [-0.39, 0.29) is 13.2 Å². The smallest absolute Gasteiger partial charge is 0.404 e. The second kappa shape index (κ2) is 14.5. The molecular weight excluding hydrogens is 436 g/mol. The van der Waals surface area contributed by atoms with Crippen LogP contribution < -0.4 is 14.8 Å². The van der Waals surface area contributed by atoms with E-state index in [2.05, 4.69) is 5.32 Å². The molecule has 3 N–H and O–H groups in total. The van der Waals surface area contributed by atoms with Gasteiger partial charge in [0, 0.05) is 26.2 Å². The average Bonchev–Trinajstić information content (AvgIpc) is 3.35. The summed E-state index contributed by atoms with van der Waals surface area (Å²) in [6.45, 7) is 2.97. The summed E-state index contributed by atoms with van der Waals surface area (Å²) in [5, 5.41) is 21.7. The molecule has 1 atom stereocenters. The predicted molar refractivity (Wildman–Crippen MR) is 129 cm³/mol. The Kier molecular flexibility index (Phi) is 11.0. The molecule has 0 aromatic heterocycles. The summed E-state index contributed by atoms with van der Waals surface area (Å²) in [6, 6.07) is 17.2. The van der Waals surface area contributed by atoms with E-state index in [0.717, 1.165) is 24.2 Å². The van der Waals surface area contributed by atoms with Crippen molar-refractivity contribution in [3.8, 4) is 11.5 Å². The van der Waals surface area contributed by atoms with Crippen molar-refractivity contribution < 1.29 is 29.2 Å². The van der Waals surface area contributed by atoms with Crippen LogP contribution in [0.4, 0.5) is 4.79 Å². The Labute approximate surface area is 201 Å². The highest BCUT2D eigenvalue weighted by molar-refractivity contribution is 5.64. The molecule has 0 saturated heterocycles. The minimum absolute atomic E-state index is 0.132. The molecule has 1 aliphatic rings. The van der Waals surface area contributed by atoms with E-state index in [1.54, 1.807) is 0 Å². The van der Waals surface area contributed by atoms with Crippen molar-refractivity contribution in [1.82, 2.24) is 10.2 Å². The van der Waals surface area contributed by atoms with Gasteiger partial charge in [0.1, 0.15) is 30.8 Å². The maximum absolute atomic E-state index is 10.8. The Morgan fingerprint density at radius 2 is 1.68 bits per heavy atom. The molecule has 8 nitrogen and oxygen atoms in total. The van der Waals surface area contributed by atoms with Crippen LogP contribution in [0.5, 0.6) is 11.5 Å². The van der Waals surface area contributed by atoms with Crippen molar-refractivity contribution >= 4 is 6.09 Å². The number of benzene rings is 2. The van der Waals surface area contributed by atoms with Gasteiger partial charge in [-0.15, -0.1) is 0 Å². The molecular formula is C26H36N2O6. The number of carboxylic acid groups (broad SMARTS) is 1. The van der Waals surface area contributed by atoms with E-state index >= 15 is 0 Å². The summed E-state index contributed by atoms with van der Waals surface area (Å²) in [5.41, 5.74) is 1.09. The van der Waals surface area contributed by atoms with Crippen molar-refractivity contribution in [3.05, 3.63) is 60.2 Å². The molecule has 0 aliphatic heterocycles. The van der Waals surface area contributed by atoms with E-state index in [9.17, 15) is 9.90 Å². The fourth-order valence-corrected chi connectivity index (χ4v) is 4.00. The minimum atomic E-state index is -1.06. The zero-order valence-corrected chi connectivity index (χ0v) is 19.6. The molecule has 8 heteroatoms. The first kappa shape index (κ1) is 25.8. The van der Waals surface area contributed by atoms with Gasteiger partial charge in [0.05, 0.1) is 12.7 Å². The van der Waals surface area contributed by atoms with E-state index in [4.69, 9.17) is 19.3 Å². The van der Waals surface area contributed by atoms with Gasteiger partial charge in [-0.25, -0.2) is 4.79 Å². The lowest BCUT2D eigenvalue weighted by molar-refractivity contribution is 0.0382. The monoisotopic (exact) mass is 472 g/mol. The highest BCUT2D eigenvalue weighted by atomic mass is 16.5. The van der Waals surface area contributed by atoms with Crippen molar-refractivity contribution in [2.75, 3.05) is 39.5 Å². The Morgan fingerprint density at radius 3 is 2.35 bits per heavy atom. The number of amides is 1. The van der Waals surface area contributed by atoms with E-state index < -0.39 is 12.2 Å². The molecule has 3 rings (SSSR count). The lowest BCUT2D eigenvalue weighted by atomic mass is 10.2. The van der Waals surface area contributed by atoms with Gasteiger partial charge in [-0.1, -0.05) is 43.2 Å². The fraction of sp³-hybridized carbons (Fsp3) is 0.500. The third kappa shape index (κ3) is 9.99. The number of hydrogen-bond acceptors (Lipinski definition) is 6. The standard InChI is InChI=1S/C26H36N2O6/c29-22(19-28(15-14-27-26(30)31)18-21-6-2-1-3-7-21)20-34-25-12-10-24(11-13-25)33-17-16-32-23-8-4-5-9-23/h1-3,6-7,10-13,22-23,27,29H,4-5,8-9,14-20H2,(H,30,31). The molecule has 1 aliphatic carbocycles. The third-order valence-electron chi connectivity index (χ3n) is 5.70. The molecule has 1 unspecified atom stereocenters. The Hall–Kier alpha value is -2.81. The zero-order chi connectivity index (χ0) is 24.0. The molecule has 2 aromatic rings. The Bertz CT molecular complexity index is 827. The summed E-state index contributed by atoms with van der Waals surface area (Å²) >= 11 is 0. The first-order chi connectivity index (χ1) is 16.6. The van der Waals surface area contributed by atoms with Crippen molar-refractivity contribution in [1.29, 1.82) is 0 Å². The van der Waals surface area contributed by atoms with Crippen molar-refractivity contribution in [2.24, 2.45) is 0 Å². The summed E-state index contributed by atoms with van der Waals surface area (Å²) in [6.07, 6.45) is 3.43. The molecule has 1 saturated carbocycles. The number of aliphatic hydroxyl groups is 1. The van der Waals surface area contributed by atoms with Crippen LogP contribution in [0.1, 0.15) is 31.2 Å². The van der Waals surface area contributed by atoms with Gasteiger partial charge in [0.15, 0.2) is 0 Å². The van der Waals surface area contributed by atoms with Gasteiger partial charge >= 0.3 is 6.09 Å². The Balaban J connectivity index is 1.38. The van der Waals surface area contributed by atoms with Crippen LogP contribution in [0.25, 0.3) is 0 Å². The quantitative estimate of drug-likeness (QED) is 0.341. The number of nitrogens with zero attached hydrogens (tertiary/aromatic N) is 1. The van der Waals surface area contributed by atoms with Crippen molar-refractivity contribution in [3.63, 3.8) is 0 Å². The summed E-state index contributed by atoms with van der Waals surface area (Å²) in [5.74, 6) is 1.40. The molecule has 0 heterocycles. The van der Waals surface area contributed by atoms with Crippen molar-refractivity contribution in [2.45, 2.75) is 44.4 Å². The second-order valence-electron chi connectivity index (χ2n) is 8.51. The first-order valence-corrected chi connectivity index (χ1v) is 12.0. The second-order valence-corrected chi connectivity index (χ2v) is 8.51. The largest absolute Gasteiger partial charge is 0.491 e. The third-order valence-corrected chi connectivity index (χ3v) is 5.70. The van der Waals surface area contributed by atoms with E-state index in [1.165, 1.54) is 12.8 Å². The number of hydrogen-bond donors (Lipinski definition) is 3. The number of nitrogens with one attached hydrogen (secondary N) is 1. The lowest BCUT2D eigenvalue weighted by Gasteiger charge is -2.25. The maximum Gasteiger partial charge on any atom is 0.404 e. The zero-order valence-electron chi connectivity index (χ0n) is 19.6. The van der Waals surface area contributed by atoms with Crippen LogP contribution >= 0.6 is 0 Å². The molecule has 0 spiro atoms. The SMILES string of the molecule is O=C(O)NCCN(Cc1ccccc1)CC(O)COc1ccc(OCCOC2CCCC2)cc1. The Morgan fingerprint density at radius 1 is 1.00 bits per heavy atom. The number of ether oxygens (including phenoxy) is 3. The van der Waals surface area contributed by atoms with Crippen LogP contribution in [-0.4, -0.2) is 72.9 Å². The van der Waals surface area contributed by atoms with Crippen LogP contribution in [0.3, 0.4) is 0 Å². The van der Waals surface area contributed by atoms with Gasteiger partial charge in [-0.2, -0.15) is 0 Å². The summed E-state index contributed by atoms with van der Waals surface area (Å²) < 4.78 is 17.3. The van der Waals surface area contributed by atoms with Gasteiger partial charge < -0.3 is 29.7 Å². The molecule has 1 fully saturated rings. The van der Waals surface area contributed by atoms with Gasteiger partial charge in [-0.3, -0.25) is 4.90 Å². The normalized spacial score (nSPS) is 14.8. The average molecular weight is 473 g/mol. The first-order valence-electron chi connectivity index (χ1n) is 12.0. The fourth-order valence-electron chi connectivity index (χ4n) is 4.00. The molecule has 186 valence electrons. The molecule has 0 radical (unpaired) electrons. The predicted octanol–water partition coefficient (Wildman–Crippen LogP) is 3.53.